The Balaban J connectivity index is 2.34. The maximum Gasteiger partial charge on any atom is 0.228 e. The molecule has 1 aromatic heterocycles. The number of aromatic nitrogens is 3. The van der Waals surface area contributed by atoms with Crippen LogP contribution in [0, 0.1) is 0 Å². The van der Waals surface area contributed by atoms with Crippen molar-refractivity contribution in [3.63, 3.8) is 0 Å². The fourth-order valence-corrected chi connectivity index (χ4v) is 1.58. The molecule has 0 saturated heterocycles. The molecule has 0 aliphatic heterocycles. The molecule has 0 bridgehead atoms. The lowest BCUT2D eigenvalue weighted by Gasteiger charge is -2.08. The van der Waals surface area contributed by atoms with Gasteiger partial charge in [-0.15, -0.1) is 13.2 Å². The van der Waals surface area contributed by atoms with Crippen LogP contribution in [0.1, 0.15) is 0 Å². The molecule has 0 saturated carbocycles. The molecule has 0 spiro atoms. The maximum atomic E-state index is 4.40. The van der Waals surface area contributed by atoms with Gasteiger partial charge in [0.25, 0.3) is 0 Å². The van der Waals surface area contributed by atoms with E-state index < -0.39 is 0 Å². The molecule has 0 fully saturated rings. The number of nitrogens with zero attached hydrogens (tertiary/aromatic N) is 3. The van der Waals surface area contributed by atoms with Gasteiger partial charge in [0.15, 0.2) is 5.82 Å². The zero-order chi connectivity index (χ0) is 14.2. The summed E-state index contributed by atoms with van der Waals surface area (Å²) in [4.78, 5) is 13.1. The summed E-state index contributed by atoms with van der Waals surface area (Å²) >= 11 is 0. The van der Waals surface area contributed by atoms with Gasteiger partial charge in [0.2, 0.25) is 11.9 Å². The third kappa shape index (κ3) is 3.65. The van der Waals surface area contributed by atoms with Crippen molar-refractivity contribution in [3.05, 3.63) is 55.6 Å². The van der Waals surface area contributed by atoms with Gasteiger partial charge in [-0.2, -0.15) is 15.0 Å². The van der Waals surface area contributed by atoms with Gasteiger partial charge in [-0.05, 0) is 0 Å². The smallest absolute Gasteiger partial charge is 0.228 e. The summed E-state index contributed by atoms with van der Waals surface area (Å²) in [6, 6.07) is 9.78. The second kappa shape index (κ2) is 7.04. The van der Waals surface area contributed by atoms with Gasteiger partial charge >= 0.3 is 0 Å². The first kappa shape index (κ1) is 13.7. The highest BCUT2D eigenvalue weighted by Gasteiger charge is 2.07. The minimum atomic E-state index is 0.519. The van der Waals surface area contributed by atoms with Crippen molar-refractivity contribution >= 4 is 11.9 Å². The van der Waals surface area contributed by atoms with E-state index in [0.29, 0.717) is 30.8 Å². The molecule has 1 heterocycles. The Kier molecular flexibility index (Phi) is 4.83. The largest absolute Gasteiger partial charge is 0.351 e. The minimum Gasteiger partial charge on any atom is -0.351 e. The van der Waals surface area contributed by atoms with Crippen LogP contribution in [0.15, 0.2) is 55.6 Å². The maximum absolute atomic E-state index is 4.40. The number of benzene rings is 1. The van der Waals surface area contributed by atoms with Crippen LogP contribution >= 0.6 is 0 Å². The lowest BCUT2D eigenvalue weighted by molar-refractivity contribution is 1.03. The van der Waals surface area contributed by atoms with Gasteiger partial charge in [-0.3, -0.25) is 0 Å². The second-order valence-corrected chi connectivity index (χ2v) is 4.01. The van der Waals surface area contributed by atoms with Crippen LogP contribution in [0.4, 0.5) is 11.9 Å². The van der Waals surface area contributed by atoms with Crippen molar-refractivity contribution in [1.29, 1.82) is 0 Å². The number of hydrogen-bond acceptors (Lipinski definition) is 5. The van der Waals surface area contributed by atoms with E-state index in [-0.39, 0.29) is 0 Å². The van der Waals surface area contributed by atoms with Crippen LogP contribution in [-0.4, -0.2) is 28.0 Å². The minimum absolute atomic E-state index is 0.519. The molecule has 2 N–H and O–H groups in total. The van der Waals surface area contributed by atoms with Gasteiger partial charge < -0.3 is 10.6 Å². The van der Waals surface area contributed by atoms with Crippen molar-refractivity contribution in [2.75, 3.05) is 23.7 Å². The monoisotopic (exact) mass is 267 g/mol. The normalized spacial score (nSPS) is 9.80. The van der Waals surface area contributed by atoms with Gasteiger partial charge in [0, 0.05) is 18.7 Å². The number of rotatable bonds is 7. The molecule has 5 heteroatoms. The Morgan fingerprint density at radius 1 is 0.850 bits per heavy atom. The molecule has 102 valence electrons. The molecule has 0 radical (unpaired) electrons. The van der Waals surface area contributed by atoms with E-state index in [1.54, 1.807) is 12.2 Å². The highest BCUT2D eigenvalue weighted by Crippen LogP contribution is 2.17. The van der Waals surface area contributed by atoms with Crippen molar-refractivity contribution in [1.82, 2.24) is 15.0 Å². The van der Waals surface area contributed by atoms with E-state index in [2.05, 4.69) is 38.7 Å². The summed E-state index contributed by atoms with van der Waals surface area (Å²) in [5.74, 6) is 1.66. The fraction of sp³-hybridized carbons (Fsp3) is 0.133. The standard InChI is InChI=1S/C15H17N5/c1-3-10-16-14-18-13(12-8-6-5-7-9-12)19-15(20-14)17-11-4-2/h3-9H,1-2,10-11H2,(H2,16,17,18,19,20). The van der Waals surface area contributed by atoms with E-state index in [0.717, 1.165) is 5.56 Å². The third-order valence-electron chi connectivity index (χ3n) is 2.48. The second-order valence-electron chi connectivity index (χ2n) is 4.01. The number of nitrogens with one attached hydrogen (secondary N) is 2. The predicted molar refractivity (Wildman–Crippen MR) is 82.6 cm³/mol. The van der Waals surface area contributed by atoms with Crippen molar-refractivity contribution < 1.29 is 0 Å². The van der Waals surface area contributed by atoms with Crippen LogP contribution in [0.5, 0.6) is 0 Å². The molecule has 0 unspecified atom stereocenters. The first-order chi connectivity index (χ1) is 9.83. The van der Waals surface area contributed by atoms with E-state index in [1.165, 1.54) is 0 Å². The lowest BCUT2D eigenvalue weighted by Crippen LogP contribution is -2.10. The molecule has 5 nitrogen and oxygen atoms in total. The average Bonchev–Trinajstić information content (AvgIpc) is 2.51. The summed E-state index contributed by atoms with van der Waals surface area (Å²) in [5, 5.41) is 6.15. The van der Waals surface area contributed by atoms with E-state index in [1.807, 2.05) is 30.3 Å². The van der Waals surface area contributed by atoms with Crippen LogP contribution in [-0.2, 0) is 0 Å². The lowest BCUT2D eigenvalue weighted by atomic mass is 10.2. The third-order valence-corrected chi connectivity index (χ3v) is 2.48. The van der Waals surface area contributed by atoms with Gasteiger partial charge in [0.05, 0.1) is 0 Å². The SMILES string of the molecule is C=CCNc1nc(NCC=C)nc(-c2ccccc2)n1. The summed E-state index contributed by atoms with van der Waals surface area (Å²) in [6.07, 6.45) is 3.51. The molecule has 0 atom stereocenters. The number of anilines is 2. The summed E-state index contributed by atoms with van der Waals surface area (Å²) < 4.78 is 0. The van der Waals surface area contributed by atoms with Crippen molar-refractivity contribution in [2.24, 2.45) is 0 Å². The van der Waals surface area contributed by atoms with E-state index in [4.69, 9.17) is 0 Å². The molecule has 1 aromatic carbocycles. The molecular weight excluding hydrogens is 250 g/mol. The van der Waals surface area contributed by atoms with Gasteiger partial charge in [-0.1, -0.05) is 42.5 Å². The van der Waals surface area contributed by atoms with Crippen LogP contribution in [0.3, 0.4) is 0 Å². The summed E-state index contributed by atoms with van der Waals surface area (Å²) in [7, 11) is 0. The summed E-state index contributed by atoms with van der Waals surface area (Å²) in [6.45, 7) is 8.52. The Bertz CT molecular complexity index is 550. The zero-order valence-corrected chi connectivity index (χ0v) is 11.2. The molecule has 2 rings (SSSR count). The van der Waals surface area contributed by atoms with Crippen LogP contribution in [0.2, 0.25) is 0 Å². The number of hydrogen-bond donors (Lipinski definition) is 2. The molecule has 0 aliphatic rings. The van der Waals surface area contributed by atoms with E-state index in [9.17, 15) is 0 Å². The van der Waals surface area contributed by atoms with Crippen molar-refractivity contribution in [3.8, 4) is 11.4 Å². The Labute approximate surface area is 118 Å². The van der Waals surface area contributed by atoms with Crippen molar-refractivity contribution in [2.45, 2.75) is 0 Å². The van der Waals surface area contributed by atoms with Gasteiger partial charge in [-0.25, -0.2) is 0 Å². The first-order valence-electron chi connectivity index (χ1n) is 6.34. The Morgan fingerprint density at radius 3 is 1.90 bits per heavy atom. The molecule has 0 amide bonds. The zero-order valence-electron chi connectivity index (χ0n) is 11.2. The Morgan fingerprint density at radius 2 is 1.40 bits per heavy atom. The fourth-order valence-electron chi connectivity index (χ4n) is 1.58. The average molecular weight is 267 g/mol. The molecule has 20 heavy (non-hydrogen) atoms. The molecular formula is C15H17N5. The summed E-state index contributed by atoms with van der Waals surface area (Å²) in [5.41, 5.74) is 0.943. The quantitative estimate of drug-likeness (QED) is 0.755. The first-order valence-corrected chi connectivity index (χ1v) is 6.34. The van der Waals surface area contributed by atoms with Crippen LogP contribution < -0.4 is 10.6 Å². The Hall–Kier alpha value is -2.69. The highest BCUT2D eigenvalue weighted by molar-refractivity contribution is 5.57. The van der Waals surface area contributed by atoms with E-state index >= 15 is 0 Å². The topological polar surface area (TPSA) is 62.7 Å². The molecule has 0 aliphatic carbocycles. The molecule has 2 aromatic rings. The highest BCUT2D eigenvalue weighted by atomic mass is 15.2. The predicted octanol–water partition coefficient (Wildman–Crippen LogP) is 2.73. The van der Waals surface area contributed by atoms with Gasteiger partial charge in [0.1, 0.15) is 0 Å². The van der Waals surface area contributed by atoms with Crippen LogP contribution in [0.25, 0.3) is 11.4 Å².